The lowest BCUT2D eigenvalue weighted by atomic mass is 10.0. The summed E-state index contributed by atoms with van der Waals surface area (Å²) < 4.78 is 0. The fraction of sp³-hybridized carbons (Fsp3) is 0.545. The van der Waals surface area contributed by atoms with Crippen LogP contribution in [0.4, 0.5) is 0 Å². The number of hydrogen-bond donors (Lipinski definition) is 2. The number of carbonyl (C=O) groups is 2. The summed E-state index contributed by atoms with van der Waals surface area (Å²) in [5.41, 5.74) is -0.0808. The predicted molar refractivity (Wildman–Crippen MR) is 65.5 cm³/mol. The van der Waals surface area contributed by atoms with Crippen LogP contribution < -0.4 is 5.32 Å². The van der Waals surface area contributed by atoms with Crippen LogP contribution in [-0.2, 0) is 0 Å². The van der Waals surface area contributed by atoms with Crippen molar-refractivity contribution in [2.45, 2.75) is 26.7 Å². The molecule has 5 nitrogen and oxygen atoms in total. The Bertz CT molecular complexity index is 399. The van der Waals surface area contributed by atoms with E-state index in [0.29, 0.717) is 12.5 Å². The molecule has 0 aliphatic heterocycles. The second-order valence-electron chi connectivity index (χ2n) is 3.74. The largest absolute Gasteiger partial charge is 0.476 e. The number of carboxylic acids is 1. The average molecular weight is 256 g/mol. The van der Waals surface area contributed by atoms with Crippen LogP contribution in [0.15, 0.2) is 5.38 Å². The zero-order chi connectivity index (χ0) is 12.8. The highest BCUT2D eigenvalue weighted by Gasteiger charge is 2.15. The molecule has 1 aromatic heterocycles. The molecule has 0 aliphatic carbocycles. The number of amides is 1. The summed E-state index contributed by atoms with van der Waals surface area (Å²) in [7, 11) is 0. The third kappa shape index (κ3) is 3.81. The van der Waals surface area contributed by atoms with Crippen LogP contribution in [0.3, 0.4) is 0 Å². The molecular formula is C11H16N2O3S. The first-order valence-electron chi connectivity index (χ1n) is 5.55. The van der Waals surface area contributed by atoms with E-state index in [-0.39, 0.29) is 16.6 Å². The summed E-state index contributed by atoms with van der Waals surface area (Å²) >= 11 is 1.05. The molecule has 0 spiro atoms. The molecule has 0 unspecified atom stereocenters. The van der Waals surface area contributed by atoms with E-state index < -0.39 is 5.97 Å². The van der Waals surface area contributed by atoms with Crippen LogP contribution in [0.25, 0.3) is 0 Å². The van der Waals surface area contributed by atoms with Gasteiger partial charge in [0.25, 0.3) is 5.91 Å². The van der Waals surface area contributed by atoms with E-state index in [4.69, 9.17) is 5.11 Å². The van der Waals surface area contributed by atoms with Crippen molar-refractivity contribution < 1.29 is 14.7 Å². The summed E-state index contributed by atoms with van der Waals surface area (Å²) in [5, 5.41) is 13.0. The minimum Gasteiger partial charge on any atom is -0.476 e. The third-order valence-corrected chi connectivity index (χ3v) is 3.46. The van der Waals surface area contributed by atoms with Crippen LogP contribution >= 0.6 is 11.3 Å². The maximum Gasteiger partial charge on any atom is 0.355 e. The van der Waals surface area contributed by atoms with Crippen LogP contribution in [0.5, 0.6) is 0 Å². The molecule has 0 aliphatic rings. The van der Waals surface area contributed by atoms with Gasteiger partial charge in [-0.1, -0.05) is 26.7 Å². The second kappa shape index (κ2) is 6.34. The van der Waals surface area contributed by atoms with Crippen molar-refractivity contribution in [3.8, 4) is 0 Å². The van der Waals surface area contributed by atoms with Crippen LogP contribution in [0.2, 0.25) is 0 Å². The lowest BCUT2D eigenvalue weighted by molar-refractivity contribution is 0.0691. The van der Waals surface area contributed by atoms with Crippen LogP contribution in [0, 0.1) is 5.92 Å². The monoisotopic (exact) mass is 256 g/mol. The fourth-order valence-corrected chi connectivity index (χ4v) is 2.07. The molecule has 17 heavy (non-hydrogen) atoms. The minimum atomic E-state index is -1.11. The van der Waals surface area contributed by atoms with Gasteiger partial charge in [-0.05, 0) is 5.92 Å². The Hall–Kier alpha value is -1.43. The Balaban J connectivity index is 2.54. The number of carboxylic acid groups (broad SMARTS) is 1. The van der Waals surface area contributed by atoms with Gasteiger partial charge in [0.05, 0.1) is 0 Å². The third-order valence-electron chi connectivity index (χ3n) is 2.62. The highest BCUT2D eigenvalue weighted by Crippen LogP contribution is 2.10. The molecule has 0 saturated carbocycles. The van der Waals surface area contributed by atoms with Crippen molar-refractivity contribution in [2.24, 2.45) is 5.92 Å². The van der Waals surface area contributed by atoms with E-state index in [1.54, 1.807) is 0 Å². The average Bonchev–Trinajstić information content (AvgIpc) is 2.79. The van der Waals surface area contributed by atoms with Gasteiger partial charge in [-0.2, -0.15) is 0 Å². The number of nitrogens with one attached hydrogen (secondary N) is 1. The zero-order valence-electron chi connectivity index (χ0n) is 9.90. The summed E-state index contributed by atoms with van der Waals surface area (Å²) in [5.74, 6) is -0.951. The topological polar surface area (TPSA) is 79.3 Å². The summed E-state index contributed by atoms with van der Waals surface area (Å²) in [6, 6.07) is 0. The molecule has 1 aromatic rings. The quantitative estimate of drug-likeness (QED) is 0.816. The van der Waals surface area contributed by atoms with Gasteiger partial charge in [-0.3, -0.25) is 4.79 Å². The van der Waals surface area contributed by atoms with Crippen LogP contribution in [0.1, 0.15) is 47.0 Å². The molecule has 6 heteroatoms. The van der Waals surface area contributed by atoms with Gasteiger partial charge in [0, 0.05) is 11.9 Å². The van der Waals surface area contributed by atoms with E-state index >= 15 is 0 Å². The highest BCUT2D eigenvalue weighted by atomic mass is 32.1. The Kier molecular flexibility index (Phi) is 5.09. The SMILES string of the molecule is CCC(CC)CNC(=O)c1nc(C(=O)O)cs1. The Labute approximate surface area is 104 Å². The molecule has 94 valence electrons. The van der Waals surface area contributed by atoms with E-state index in [2.05, 4.69) is 24.1 Å². The first-order valence-corrected chi connectivity index (χ1v) is 6.43. The molecular weight excluding hydrogens is 240 g/mol. The number of thiazole rings is 1. The van der Waals surface area contributed by atoms with Crippen molar-refractivity contribution in [3.63, 3.8) is 0 Å². The lowest BCUT2D eigenvalue weighted by Gasteiger charge is -2.12. The van der Waals surface area contributed by atoms with Crippen molar-refractivity contribution in [3.05, 3.63) is 16.1 Å². The summed E-state index contributed by atoms with van der Waals surface area (Å²) in [6.07, 6.45) is 2.02. The van der Waals surface area contributed by atoms with Gasteiger partial charge in [-0.15, -0.1) is 11.3 Å². The van der Waals surface area contributed by atoms with E-state index in [9.17, 15) is 9.59 Å². The number of aromatic carboxylic acids is 1. The molecule has 0 saturated heterocycles. The number of carbonyl (C=O) groups excluding carboxylic acids is 1. The molecule has 0 radical (unpaired) electrons. The number of rotatable bonds is 6. The van der Waals surface area contributed by atoms with Gasteiger partial charge in [0.2, 0.25) is 0 Å². The van der Waals surface area contributed by atoms with Gasteiger partial charge in [0.1, 0.15) is 0 Å². The first-order chi connectivity index (χ1) is 8.08. The van der Waals surface area contributed by atoms with E-state index in [1.165, 1.54) is 5.38 Å². The molecule has 1 amide bonds. The molecule has 1 heterocycles. The Morgan fingerprint density at radius 1 is 1.47 bits per heavy atom. The molecule has 0 fully saturated rings. The van der Waals surface area contributed by atoms with Crippen molar-refractivity contribution in [2.75, 3.05) is 6.54 Å². The number of aromatic nitrogens is 1. The molecule has 0 bridgehead atoms. The second-order valence-corrected chi connectivity index (χ2v) is 4.59. The number of nitrogens with zero attached hydrogens (tertiary/aromatic N) is 1. The maximum absolute atomic E-state index is 11.7. The van der Waals surface area contributed by atoms with Gasteiger partial charge in [0.15, 0.2) is 10.7 Å². The van der Waals surface area contributed by atoms with Gasteiger partial charge >= 0.3 is 5.97 Å². The van der Waals surface area contributed by atoms with Crippen molar-refractivity contribution >= 4 is 23.2 Å². The standard InChI is InChI=1S/C11H16N2O3S/c1-3-7(4-2)5-12-9(14)10-13-8(6-17-10)11(15)16/h6-7H,3-5H2,1-2H3,(H,12,14)(H,15,16). The van der Waals surface area contributed by atoms with Gasteiger partial charge < -0.3 is 10.4 Å². The van der Waals surface area contributed by atoms with E-state index in [1.807, 2.05) is 0 Å². The Morgan fingerprint density at radius 3 is 2.59 bits per heavy atom. The lowest BCUT2D eigenvalue weighted by Crippen LogP contribution is -2.28. The summed E-state index contributed by atoms with van der Waals surface area (Å²) in [6.45, 7) is 4.76. The summed E-state index contributed by atoms with van der Waals surface area (Å²) in [4.78, 5) is 26.0. The van der Waals surface area contributed by atoms with Crippen LogP contribution in [-0.4, -0.2) is 28.5 Å². The smallest absolute Gasteiger partial charge is 0.355 e. The fourth-order valence-electron chi connectivity index (χ4n) is 1.37. The molecule has 0 atom stereocenters. The van der Waals surface area contributed by atoms with Crippen molar-refractivity contribution in [1.29, 1.82) is 0 Å². The number of hydrogen-bond acceptors (Lipinski definition) is 4. The van der Waals surface area contributed by atoms with E-state index in [0.717, 1.165) is 24.2 Å². The normalized spacial score (nSPS) is 10.5. The minimum absolute atomic E-state index is 0.0808. The predicted octanol–water partition coefficient (Wildman–Crippen LogP) is 2.01. The van der Waals surface area contributed by atoms with Crippen molar-refractivity contribution in [1.82, 2.24) is 10.3 Å². The zero-order valence-corrected chi connectivity index (χ0v) is 10.7. The molecule has 2 N–H and O–H groups in total. The Morgan fingerprint density at radius 2 is 2.12 bits per heavy atom. The van der Waals surface area contributed by atoms with Gasteiger partial charge in [-0.25, -0.2) is 9.78 Å². The first kappa shape index (κ1) is 13.6. The molecule has 0 aromatic carbocycles. The maximum atomic E-state index is 11.7. The highest BCUT2D eigenvalue weighted by molar-refractivity contribution is 7.11. The molecule has 1 rings (SSSR count).